The van der Waals surface area contributed by atoms with Crippen molar-refractivity contribution in [1.82, 2.24) is 4.98 Å². The van der Waals surface area contributed by atoms with Gasteiger partial charge in [-0.1, -0.05) is 12.1 Å². The minimum Gasteiger partial charge on any atom is -0.487 e. The van der Waals surface area contributed by atoms with Gasteiger partial charge in [-0.05, 0) is 61.1 Å². The molecule has 1 atom stereocenters. The van der Waals surface area contributed by atoms with Crippen molar-refractivity contribution in [2.45, 2.75) is 38.8 Å². The quantitative estimate of drug-likeness (QED) is 0.929. The summed E-state index contributed by atoms with van der Waals surface area (Å²) in [5.74, 6) is 0.881. The predicted molar refractivity (Wildman–Crippen MR) is 79.6 cm³/mol. The van der Waals surface area contributed by atoms with E-state index < -0.39 is 0 Å². The Morgan fingerprint density at radius 1 is 1.35 bits per heavy atom. The maximum absolute atomic E-state index is 6.18. The Balaban J connectivity index is 1.75. The van der Waals surface area contributed by atoms with Crippen molar-refractivity contribution >= 4 is 0 Å². The zero-order valence-electron chi connectivity index (χ0n) is 11.8. The van der Waals surface area contributed by atoms with Crippen LogP contribution in [0.1, 0.15) is 41.3 Å². The van der Waals surface area contributed by atoms with Gasteiger partial charge in [-0.3, -0.25) is 4.98 Å². The number of hydrogen-bond acceptors (Lipinski definition) is 3. The lowest BCUT2D eigenvalue weighted by atomic mass is 9.88. The van der Waals surface area contributed by atoms with Gasteiger partial charge in [0.25, 0.3) is 0 Å². The fraction of sp³-hybridized carbons (Fsp3) is 0.353. The van der Waals surface area contributed by atoms with E-state index >= 15 is 0 Å². The van der Waals surface area contributed by atoms with Crippen LogP contribution in [0.3, 0.4) is 0 Å². The summed E-state index contributed by atoms with van der Waals surface area (Å²) in [6.07, 6.45) is 5.18. The Morgan fingerprint density at radius 2 is 2.25 bits per heavy atom. The maximum atomic E-state index is 6.18. The molecule has 0 fully saturated rings. The zero-order valence-corrected chi connectivity index (χ0v) is 11.8. The molecule has 1 heterocycles. The Hall–Kier alpha value is -1.87. The summed E-state index contributed by atoms with van der Waals surface area (Å²) >= 11 is 0. The SMILES string of the molecule is Cc1cccnc1COc1ccc2c(c1)C(N)CCC2. The van der Waals surface area contributed by atoms with Gasteiger partial charge in [0, 0.05) is 12.2 Å². The van der Waals surface area contributed by atoms with Gasteiger partial charge in [0.2, 0.25) is 0 Å². The van der Waals surface area contributed by atoms with E-state index in [9.17, 15) is 0 Å². The van der Waals surface area contributed by atoms with Gasteiger partial charge in [-0.25, -0.2) is 0 Å². The third kappa shape index (κ3) is 2.68. The number of nitrogens with two attached hydrogens (primary N) is 1. The van der Waals surface area contributed by atoms with E-state index in [-0.39, 0.29) is 6.04 Å². The highest BCUT2D eigenvalue weighted by Gasteiger charge is 2.17. The second-order valence-electron chi connectivity index (χ2n) is 5.42. The fourth-order valence-electron chi connectivity index (χ4n) is 2.72. The van der Waals surface area contributed by atoms with Gasteiger partial charge >= 0.3 is 0 Å². The van der Waals surface area contributed by atoms with Crippen LogP contribution in [0.2, 0.25) is 0 Å². The Morgan fingerprint density at radius 3 is 3.10 bits per heavy atom. The molecule has 0 radical (unpaired) electrons. The third-order valence-corrected chi connectivity index (χ3v) is 3.97. The summed E-state index contributed by atoms with van der Waals surface area (Å²) < 4.78 is 5.87. The molecule has 1 aliphatic rings. The van der Waals surface area contributed by atoms with E-state index in [0.717, 1.165) is 29.8 Å². The number of nitrogens with zero attached hydrogens (tertiary/aromatic N) is 1. The second-order valence-corrected chi connectivity index (χ2v) is 5.42. The number of fused-ring (bicyclic) bond motifs is 1. The molecule has 0 saturated carbocycles. The number of aryl methyl sites for hydroxylation is 2. The standard InChI is InChI=1S/C17H20N2O/c1-12-4-3-9-19-17(12)11-20-14-8-7-13-5-2-6-16(18)15(13)10-14/h3-4,7-10,16H,2,5-6,11,18H2,1H3. The van der Waals surface area contributed by atoms with Crippen LogP contribution in [-0.4, -0.2) is 4.98 Å². The summed E-state index contributed by atoms with van der Waals surface area (Å²) in [5, 5.41) is 0. The first-order valence-corrected chi connectivity index (χ1v) is 7.16. The van der Waals surface area contributed by atoms with Crippen molar-refractivity contribution in [2.75, 3.05) is 0 Å². The Kier molecular flexibility index (Phi) is 3.70. The number of benzene rings is 1. The van der Waals surface area contributed by atoms with Crippen LogP contribution >= 0.6 is 0 Å². The van der Waals surface area contributed by atoms with Gasteiger partial charge in [0.05, 0.1) is 5.69 Å². The zero-order chi connectivity index (χ0) is 13.9. The monoisotopic (exact) mass is 268 g/mol. The Labute approximate surface area is 119 Å². The number of aromatic nitrogens is 1. The molecule has 3 rings (SSSR count). The number of hydrogen-bond donors (Lipinski definition) is 1. The molecule has 20 heavy (non-hydrogen) atoms. The molecule has 3 nitrogen and oxygen atoms in total. The molecule has 0 amide bonds. The number of rotatable bonds is 3. The molecule has 3 heteroatoms. The van der Waals surface area contributed by atoms with Crippen molar-refractivity contribution < 1.29 is 4.74 Å². The first-order chi connectivity index (χ1) is 9.74. The van der Waals surface area contributed by atoms with Crippen molar-refractivity contribution in [1.29, 1.82) is 0 Å². The van der Waals surface area contributed by atoms with Gasteiger partial charge < -0.3 is 10.5 Å². The van der Waals surface area contributed by atoms with Crippen molar-refractivity contribution in [3.05, 3.63) is 58.9 Å². The van der Waals surface area contributed by atoms with E-state index in [2.05, 4.69) is 30.1 Å². The molecule has 1 unspecified atom stereocenters. The highest BCUT2D eigenvalue weighted by Crippen LogP contribution is 2.31. The highest BCUT2D eigenvalue weighted by atomic mass is 16.5. The van der Waals surface area contributed by atoms with Gasteiger partial charge in [-0.2, -0.15) is 0 Å². The molecule has 1 aromatic heterocycles. The lowest BCUT2D eigenvalue weighted by Gasteiger charge is -2.22. The first kappa shape index (κ1) is 13.1. The molecule has 2 aromatic rings. The third-order valence-electron chi connectivity index (χ3n) is 3.97. The molecular weight excluding hydrogens is 248 g/mol. The number of pyridine rings is 1. The van der Waals surface area contributed by atoms with Crippen LogP contribution in [0.15, 0.2) is 36.5 Å². The average Bonchev–Trinajstić information content (AvgIpc) is 2.47. The maximum Gasteiger partial charge on any atom is 0.130 e. The first-order valence-electron chi connectivity index (χ1n) is 7.16. The Bertz CT molecular complexity index is 610. The van der Waals surface area contributed by atoms with Gasteiger partial charge in [0.1, 0.15) is 12.4 Å². The van der Waals surface area contributed by atoms with Crippen LogP contribution in [-0.2, 0) is 13.0 Å². The van der Waals surface area contributed by atoms with Crippen LogP contribution < -0.4 is 10.5 Å². The van der Waals surface area contributed by atoms with Crippen LogP contribution in [0.4, 0.5) is 0 Å². The molecule has 1 aliphatic carbocycles. The summed E-state index contributed by atoms with van der Waals surface area (Å²) in [6, 6.07) is 10.4. The molecule has 0 saturated heterocycles. The van der Waals surface area contributed by atoms with Crippen LogP contribution in [0, 0.1) is 6.92 Å². The van der Waals surface area contributed by atoms with Crippen LogP contribution in [0.25, 0.3) is 0 Å². The van der Waals surface area contributed by atoms with E-state index in [1.807, 2.05) is 12.1 Å². The number of ether oxygens (including phenoxy) is 1. The summed E-state index contributed by atoms with van der Waals surface area (Å²) in [5.41, 5.74) is 10.9. The summed E-state index contributed by atoms with van der Waals surface area (Å²) in [4.78, 5) is 4.35. The molecule has 1 aromatic carbocycles. The smallest absolute Gasteiger partial charge is 0.130 e. The van der Waals surface area contributed by atoms with E-state index in [4.69, 9.17) is 10.5 Å². The normalized spacial score (nSPS) is 17.6. The fourth-order valence-corrected chi connectivity index (χ4v) is 2.72. The molecule has 104 valence electrons. The van der Waals surface area contributed by atoms with Crippen molar-refractivity contribution in [3.8, 4) is 5.75 Å². The minimum absolute atomic E-state index is 0.152. The lowest BCUT2D eigenvalue weighted by molar-refractivity contribution is 0.299. The van der Waals surface area contributed by atoms with Crippen molar-refractivity contribution in [2.24, 2.45) is 5.73 Å². The minimum atomic E-state index is 0.152. The lowest BCUT2D eigenvalue weighted by Crippen LogP contribution is -2.17. The molecule has 0 aliphatic heterocycles. The van der Waals surface area contributed by atoms with E-state index in [1.54, 1.807) is 6.20 Å². The van der Waals surface area contributed by atoms with Crippen LogP contribution in [0.5, 0.6) is 5.75 Å². The summed E-state index contributed by atoms with van der Waals surface area (Å²) in [6.45, 7) is 2.55. The van der Waals surface area contributed by atoms with E-state index in [1.165, 1.54) is 17.5 Å². The molecule has 0 spiro atoms. The molecular formula is C17H20N2O. The topological polar surface area (TPSA) is 48.1 Å². The van der Waals surface area contributed by atoms with Gasteiger partial charge in [0.15, 0.2) is 0 Å². The average molecular weight is 268 g/mol. The predicted octanol–water partition coefficient (Wildman–Crippen LogP) is 3.31. The molecule has 0 bridgehead atoms. The van der Waals surface area contributed by atoms with E-state index in [0.29, 0.717) is 6.61 Å². The summed E-state index contributed by atoms with van der Waals surface area (Å²) in [7, 11) is 0. The second kappa shape index (κ2) is 5.63. The van der Waals surface area contributed by atoms with Crippen molar-refractivity contribution in [3.63, 3.8) is 0 Å². The highest BCUT2D eigenvalue weighted by molar-refractivity contribution is 5.39. The van der Waals surface area contributed by atoms with Gasteiger partial charge in [-0.15, -0.1) is 0 Å². The largest absolute Gasteiger partial charge is 0.487 e. The molecule has 2 N–H and O–H groups in total.